The van der Waals surface area contributed by atoms with Crippen molar-refractivity contribution in [3.05, 3.63) is 62.8 Å². The predicted molar refractivity (Wildman–Crippen MR) is 125 cm³/mol. The van der Waals surface area contributed by atoms with E-state index in [1.165, 1.54) is 30.6 Å². The molecule has 0 saturated carbocycles. The topological polar surface area (TPSA) is 119 Å². The summed E-state index contributed by atoms with van der Waals surface area (Å²) in [5, 5.41) is 16.5. The van der Waals surface area contributed by atoms with Crippen LogP contribution in [0.15, 0.2) is 35.4 Å². The van der Waals surface area contributed by atoms with Crippen LogP contribution in [0.25, 0.3) is 10.9 Å². The monoisotopic (exact) mass is 450 g/mol. The number of hydrogen-bond donors (Lipinski definition) is 2. The molecule has 172 valence electrons. The van der Waals surface area contributed by atoms with Gasteiger partial charge in [0.25, 0.3) is 5.91 Å². The van der Waals surface area contributed by atoms with Crippen LogP contribution in [-0.2, 0) is 12.8 Å². The highest BCUT2D eigenvalue weighted by atomic mass is 16.6. The number of hydrazone groups is 1. The number of amides is 1. The number of carbonyl (C=O) groups is 1. The standard InChI is InChI=1S/C24H26N4O5/c1-4-33-23-21(28(30)31)10-15(11-22(23)32-3)13-25-27-24(29)16-6-8-20-18(12-16)17-9-14(2)5-7-19(17)26-20/h6,8,10-14,26H,4-5,7,9H2,1-3H3,(H,27,29)/b25-13-. The fraction of sp³-hybridized carbons (Fsp3) is 0.333. The van der Waals surface area contributed by atoms with Gasteiger partial charge in [-0.05, 0) is 61.9 Å². The minimum atomic E-state index is -0.545. The highest BCUT2D eigenvalue weighted by Gasteiger charge is 2.22. The number of aromatic amines is 1. The molecule has 2 aromatic carbocycles. The molecule has 1 amide bonds. The fourth-order valence-corrected chi connectivity index (χ4v) is 4.22. The van der Waals surface area contributed by atoms with Gasteiger partial charge in [0.2, 0.25) is 5.75 Å². The van der Waals surface area contributed by atoms with Gasteiger partial charge < -0.3 is 14.5 Å². The molecule has 1 atom stereocenters. The average molecular weight is 450 g/mol. The Morgan fingerprint density at radius 3 is 2.91 bits per heavy atom. The molecule has 1 aliphatic rings. The van der Waals surface area contributed by atoms with Gasteiger partial charge in [-0.1, -0.05) is 6.92 Å². The Morgan fingerprint density at radius 1 is 1.36 bits per heavy atom. The SMILES string of the molecule is CCOc1c(OC)cc(/C=N\NC(=O)c2ccc3[nH]c4c(c3c2)CC(C)CC4)cc1[N+](=O)[O-]. The van der Waals surface area contributed by atoms with Gasteiger partial charge in [0.15, 0.2) is 5.75 Å². The molecular formula is C24H26N4O5. The van der Waals surface area contributed by atoms with E-state index in [-0.39, 0.29) is 29.7 Å². The van der Waals surface area contributed by atoms with Crippen LogP contribution in [0.2, 0.25) is 0 Å². The summed E-state index contributed by atoms with van der Waals surface area (Å²) in [4.78, 5) is 27.0. The number of nitrogens with one attached hydrogen (secondary N) is 2. The Bertz CT molecular complexity index is 1250. The molecule has 1 unspecified atom stereocenters. The van der Waals surface area contributed by atoms with Crippen molar-refractivity contribution in [2.75, 3.05) is 13.7 Å². The number of nitro groups is 1. The van der Waals surface area contributed by atoms with Crippen molar-refractivity contribution in [2.45, 2.75) is 33.1 Å². The van der Waals surface area contributed by atoms with Crippen LogP contribution < -0.4 is 14.9 Å². The second kappa shape index (κ2) is 9.32. The van der Waals surface area contributed by atoms with Gasteiger partial charge in [-0.15, -0.1) is 0 Å². The lowest BCUT2D eigenvalue weighted by atomic mass is 9.87. The summed E-state index contributed by atoms with van der Waals surface area (Å²) in [6.07, 6.45) is 4.52. The van der Waals surface area contributed by atoms with E-state index in [0.29, 0.717) is 17.0 Å². The van der Waals surface area contributed by atoms with Crippen molar-refractivity contribution in [1.29, 1.82) is 0 Å². The number of benzene rings is 2. The van der Waals surface area contributed by atoms with Crippen LogP contribution in [0, 0.1) is 16.0 Å². The summed E-state index contributed by atoms with van der Waals surface area (Å²) < 4.78 is 10.6. The molecule has 0 saturated heterocycles. The first kappa shape index (κ1) is 22.3. The first-order valence-electron chi connectivity index (χ1n) is 10.9. The van der Waals surface area contributed by atoms with E-state index in [9.17, 15) is 14.9 Å². The van der Waals surface area contributed by atoms with E-state index < -0.39 is 4.92 Å². The van der Waals surface area contributed by atoms with E-state index in [0.717, 1.165) is 30.2 Å². The molecule has 0 bridgehead atoms. The van der Waals surface area contributed by atoms with Crippen LogP contribution in [-0.4, -0.2) is 35.7 Å². The molecule has 0 radical (unpaired) electrons. The van der Waals surface area contributed by atoms with Crippen molar-refractivity contribution in [3.63, 3.8) is 0 Å². The molecule has 0 aliphatic heterocycles. The summed E-state index contributed by atoms with van der Waals surface area (Å²) in [5.41, 5.74) is 6.72. The van der Waals surface area contributed by atoms with Gasteiger partial charge in [-0.2, -0.15) is 5.10 Å². The summed E-state index contributed by atoms with van der Waals surface area (Å²) in [6.45, 7) is 4.23. The first-order chi connectivity index (χ1) is 15.9. The zero-order valence-electron chi connectivity index (χ0n) is 18.8. The second-order valence-electron chi connectivity index (χ2n) is 8.15. The fourth-order valence-electron chi connectivity index (χ4n) is 4.22. The number of aryl methyl sites for hydroxylation is 1. The molecular weight excluding hydrogens is 424 g/mol. The summed E-state index contributed by atoms with van der Waals surface area (Å²) >= 11 is 0. The molecule has 3 aromatic rings. The Balaban J connectivity index is 1.54. The molecule has 9 heteroatoms. The first-order valence-corrected chi connectivity index (χ1v) is 10.9. The average Bonchev–Trinajstić information content (AvgIpc) is 3.16. The Morgan fingerprint density at radius 2 is 2.18 bits per heavy atom. The second-order valence-corrected chi connectivity index (χ2v) is 8.15. The summed E-state index contributed by atoms with van der Waals surface area (Å²) in [5.74, 6) is 0.535. The maximum absolute atomic E-state index is 12.7. The lowest BCUT2D eigenvalue weighted by Crippen LogP contribution is -2.17. The van der Waals surface area contributed by atoms with Crippen molar-refractivity contribution < 1.29 is 19.2 Å². The lowest BCUT2D eigenvalue weighted by Gasteiger charge is -2.18. The highest BCUT2D eigenvalue weighted by Crippen LogP contribution is 2.38. The van der Waals surface area contributed by atoms with E-state index in [4.69, 9.17) is 9.47 Å². The van der Waals surface area contributed by atoms with Gasteiger partial charge in [-0.3, -0.25) is 14.9 Å². The van der Waals surface area contributed by atoms with Crippen LogP contribution in [0.5, 0.6) is 11.5 Å². The summed E-state index contributed by atoms with van der Waals surface area (Å²) in [6, 6.07) is 8.44. The van der Waals surface area contributed by atoms with Crippen molar-refractivity contribution in [3.8, 4) is 11.5 Å². The Hall–Kier alpha value is -3.88. The number of aromatic nitrogens is 1. The largest absolute Gasteiger partial charge is 0.493 e. The maximum atomic E-state index is 12.7. The normalized spacial score (nSPS) is 15.4. The molecule has 4 rings (SSSR count). The van der Waals surface area contributed by atoms with E-state index >= 15 is 0 Å². The number of fused-ring (bicyclic) bond motifs is 3. The number of methoxy groups -OCH3 is 1. The Kier molecular flexibility index (Phi) is 6.30. The van der Waals surface area contributed by atoms with Gasteiger partial charge in [0, 0.05) is 33.8 Å². The van der Waals surface area contributed by atoms with Gasteiger partial charge in [0.05, 0.1) is 24.9 Å². The van der Waals surface area contributed by atoms with Crippen LogP contribution >= 0.6 is 0 Å². The molecule has 33 heavy (non-hydrogen) atoms. The molecule has 0 spiro atoms. The number of nitro benzene ring substituents is 1. The number of nitrogens with zero attached hydrogens (tertiary/aromatic N) is 2. The van der Waals surface area contributed by atoms with Gasteiger partial charge >= 0.3 is 5.69 Å². The number of carbonyl (C=O) groups excluding carboxylic acids is 1. The minimum Gasteiger partial charge on any atom is -0.493 e. The molecule has 1 aromatic heterocycles. The van der Waals surface area contributed by atoms with Crippen LogP contribution in [0.4, 0.5) is 5.69 Å². The van der Waals surface area contributed by atoms with Crippen molar-refractivity contribution in [1.82, 2.24) is 10.4 Å². The molecule has 2 N–H and O–H groups in total. The highest BCUT2D eigenvalue weighted by molar-refractivity contribution is 5.99. The van der Waals surface area contributed by atoms with Gasteiger partial charge in [0.1, 0.15) is 0 Å². The number of H-pyrrole nitrogens is 1. The lowest BCUT2D eigenvalue weighted by molar-refractivity contribution is -0.385. The zero-order valence-corrected chi connectivity index (χ0v) is 18.8. The quantitative estimate of drug-likeness (QED) is 0.315. The number of hydrogen-bond acceptors (Lipinski definition) is 6. The molecule has 9 nitrogen and oxygen atoms in total. The van der Waals surface area contributed by atoms with Crippen molar-refractivity contribution >= 4 is 28.7 Å². The third-order valence-corrected chi connectivity index (χ3v) is 5.84. The van der Waals surface area contributed by atoms with Gasteiger partial charge in [-0.25, -0.2) is 5.43 Å². The third-order valence-electron chi connectivity index (χ3n) is 5.84. The molecule has 0 fully saturated rings. The maximum Gasteiger partial charge on any atom is 0.315 e. The van der Waals surface area contributed by atoms with Crippen LogP contribution in [0.1, 0.15) is 47.4 Å². The predicted octanol–water partition coefficient (Wildman–Crippen LogP) is 4.37. The summed E-state index contributed by atoms with van der Waals surface area (Å²) in [7, 11) is 1.40. The van der Waals surface area contributed by atoms with E-state index in [1.807, 2.05) is 12.1 Å². The van der Waals surface area contributed by atoms with E-state index in [2.05, 4.69) is 22.4 Å². The van der Waals surface area contributed by atoms with Crippen LogP contribution in [0.3, 0.4) is 0 Å². The minimum absolute atomic E-state index is 0.0589. The Labute approximate surface area is 190 Å². The molecule has 1 aliphatic carbocycles. The zero-order chi connectivity index (χ0) is 23.5. The number of ether oxygens (including phenoxy) is 2. The third kappa shape index (κ3) is 4.52. The van der Waals surface area contributed by atoms with Crippen molar-refractivity contribution in [2.24, 2.45) is 11.0 Å². The van der Waals surface area contributed by atoms with E-state index in [1.54, 1.807) is 19.1 Å². The smallest absolute Gasteiger partial charge is 0.315 e. The number of rotatable bonds is 7. The molecule has 1 heterocycles.